The van der Waals surface area contributed by atoms with E-state index in [1.807, 2.05) is 31.2 Å². The molecular weight excluding hydrogens is 253 g/mol. The van der Waals surface area contributed by atoms with Crippen molar-refractivity contribution < 1.29 is 9.18 Å². The normalized spacial score (nSPS) is 12.2. The number of ketones is 1. The smallest absolute Gasteiger partial charge is 0.163 e. The van der Waals surface area contributed by atoms with Gasteiger partial charge in [-0.15, -0.1) is 0 Å². The Balaban J connectivity index is 2.10. The second kappa shape index (κ2) is 5.87. The second-order valence-corrected chi connectivity index (χ2v) is 5.16. The predicted molar refractivity (Wildman–Crippen MR) is 79.4 cm³/mol. The Kier molecular flexibility index (Phi) is 4.18. The summed E-state index contributed by atoms with van der Waals surface area (Å²) in [5.41, 5.74) is 8.49. The van der Waals surface area contributed by atoms with Crippen molar-refractivity contribution in [1.82, 2.24) is 0 Å². The lowest BCUT2D eigenvalue weighted by Crippen LogP contribution is -2.06. The molecule has 2 nitrogen and oxygen atoms in total. The first-order chi connectivity index (χ1) is 9.47. The average molecular weight is 271 g/mol. The van der Waals surface area contributed by atoms with Gasteiger partial charge in [0, 0.05) is 17.7 Å². The first-order valence-corrected chi connectivity index (χ1v) is 6.62. The van der Waals surface area contributed by atoms with E-state index in [4.69, 9.17) is 5.73 Å². The molecule has 0 amide bonds. The number of carbonyl (C=O) groups is 1. The van der Waals surface area contributed by atoms with Gasteiger partial charge >= 0.3 is 0 Å². The number of Topliss-reactive ketones (excluding diaryl/α,β-unsaturated/α-hetero) is 1. The summed E-state index contributed by atoms with van der Waals surface area (Å²) in [6.07, 6.45) is 0.398. The molecule has 20 heavy (non-hydrogen) atoms. The molecule has 0 saturated heterocycles. The number of hydrogen-bond donors (Lipinski definition) is 1. The van der Waals surface area contributed by atoms with Crippen LogP contribution < -0.4 is 5.73 Å². The summed E-state index contributed by atoms with van der Waals surface area (Å²) in [6, 6.07) is 12.0. The van der Waals surface area contributed by atoms with Crippen LogP contribution in [-0.2, 0) is 0 Å². The summed E-state index contributed by atoms with van der Waals surface area (Å²) >= 11 is 0. The van der Waals surface area contributed by atoms with Crippen molar-refractivity contribution in [2.45, 2.75) is 26.2 Å². The number of nitrogens with two attached hydrogens (primary N) is 1. The monoisotopic (exact) mass is 271 g/mol. The molecule has 0 aliphatic rings. The van der Waals surface area contributed by atoms with Gasteiger partial charge < -0.3 is 5.73 Å². The Hall–Kier alpha value is -2.16. The van der Waals surface area contributed by atoms with E-state index < -0.39 is 0 Å². The lowest BCUT2D eigenvalue weighted by molar-refractivity contribution is 0.0975. The third-order valence-corrected chi connectivity index (χ3v) is 3.48. The van der Waals surface area contributed by atoms with Gasteiger partial charge in [0.05, 0.1) is 0 Å². The molecule has 0 aliphatic heterocycles. The molecule has 104 valence electrons. The molecule has 2 N–H and O–H groups in total. The number of carbonyl (C=O) groups excluding carboxylic acids is 1. The van der Waals surface area contributed by atoms with Crippen molar-refractivity contribution in [2.75, 3.05) is 5.73 Å². The Morgan fingerprint density at radius 2 is 1.85 bits per heavy atom. The Morgan fingerprint density at radius 3 is 2.45 bits per heavy atom. The molecule has 1 unspecified atom stereocenters. The molecule has 3 heteroatoms. The molecular formula is C17H18FNO. The SMILES string of the molecule is Cc1cc(C(=O)CC(C)c2ccc(N)cc2)ccc1F. The maximum absolute atomic E-state index is 13.2. The summed E-state index contributed by atoms with van der Waals surface area (Å²) in [6.45, 7) is 3.66. The van der Waals surface area contributed by atoms with Gasteiger partial charge in [0.1, 0.15) is 5.82 Å². The van der Waals surface area contributed by atoms with Crippen molar-refractivity contribution in [1.29, 1.82) is 0 Å². The zero-order valence-electron chi connectivity index (χ0n) is 11.7. The summed E-state index contributed by atoms with van der Waals surface area (Å²) in [7, 11) is 0. The molecule has 2 rings (SSSR count). The van der Waals surface area contributed by atoms with Crippen LogP contribution in [0.1, 0.15) is 40.7 Å². The number of aryl methyl sites for hydroxylation is 1. The van der Waals surface area contributed by atoms with Crippen molar-refractivity contribution >= 4 is 11.5 Å². The van der Waals surface area contributed by atoms with Gasteiger partial charge in [0.2, 0.25) is 0 Å². The molecule has 0 bridgehead atoms. The van der Waals surface area contributed by atoms with Crippen LogP contribution >= 0.6 is 0 Å². The van der Waals surface area contributed by atoms with Crippen LogP contribution in [0.15, 0.2) is 42.5 Å². The minimum absolute atomic E-state index is 0.0254. The van der Waals surface area contributed by atoms with E-state index in [1.165, 1.54) is 6.07 Å². The molecule has 0 saturated carbocycles. The van der Waals surface area contributed by atoms with Crippen LogP contribution in [0.25, 0.3) is 0 Å². The van der Waals surface area contributed by atoms with Crippen LogP contribution in [-0.4, -0.2) is 5.78 Å². The molecule has 1 atom stereocenters. The van der Waals surface area contributed by atoms with Crippen LogP contribution in [0.2, 0.25) is 0 Å². The van der Waals surface area contributed by atoms with Crippen molar-refractivity contribution in [3.63, 3.8) is 0 Å². The zero-order chi connectivity index (χ0) is 14.7. The predicted octanol–water partition coefficient (Wildman–Crippen LogP) is 4.09. The largest absolute Gasteiger partial charge is 0.399 e. The number of benzene rings is 2. The molecule has 0 fully saturated rings. The van der Waals surface area contributed by atoms with Gasteiger partial charge in [0.25, 0.3) is 0 Å². The molecule has 0 spiro atoms. The van der Waals surface area contributed by atoms with Crippen molar-refractivity contribution in [2.24, 2.45) is 0 Å². The third kappa shape index (κ3) is 3.23. The fraction of sp³-hybridized carbons (Fsp3) is 0.235. The van der Waals surface area contributed by atoms with Crippen LogP contribution in [0, 0.1) is 12.7 Å². The minimum atomic E-state index is -0.284. The van der Waals surface area contributed by atoms with Gasteiger partial charge in [-0.05, 0) is 54.3 Å². The fourth-order valence-corrected chi connectivity index (χ4v) is 2.16. The van der Waals surface area contributed by atoms with E-state index in [-0.39, 0.29) is 17.5 Å². The summed E-state index contributed by atoms with van der Waals surface area (Å²) in [5.74, 6) is -0.154. The molecule has 0 aromatic heterocycles. The van der Waals surface area contributed by atoms with Gasteiger partial charge in [-0.2, -0.15) is 0 Å². The number of nitrogen functional groups attached to an aromatic ring is 1. The summed E-state index contributed by atoms with van der Waals surface area (Å²) < 4.78 is 13.2. The van der Waals surface area contributed by atoms with Gasteiger partial charge in [0.15, 0.2) is 5.78 Å². The molecule has 0 aliphatic carbocycles. The lowest BCUT2D eigenvalue weighted by Gasteiger charge is -2.12. The quantitative estimate of drug-likeness (QED) is 0.672. The topological polar surface area (TPSA) is 43.1 Å². The number of anilines is 1. The minimum Gasteiger partial charge on any atom is -0.399 e. The number of hydrogen-bond acceptors (Lipinski definition) is 2. The number of halogens is 1. The molecule has 0 heterocycles. The molecule has 0 radical (unpaired) electrons. The van der Waals surface area contributed by atoms with Crippen molar-refractivity contribution in [3.05, 3.63) is 65.0 Å². The maximum atomic E-state index is 13.2. The maximum Gasteiger partial charge on any atom is 0.163 e. The van der Waals surface area contributed by atoms with Gasteiger partial charge in [-0.1, -0.05) is 19.1 Å². The molecule has 2 aromatic carbocycles. The first-order valence-electron chi connectivity index (χ1n) is 6.62. The Bertz CT molecular complexity index is 619. The van der Waals surface area contributed by atoms with Crippen molar-refractivity contribution in [3.8, 4) is 0 Å². The highest BCUT2D eigenvalue weighted by molar-refractivity contribution is 5.96. The average Bonchev–Trinajstić information content (AvgIpc) is 2.42. The van der Waals surface area contributed by atoms with E-state index in [1.54, 1.807) is 19.1 Å². The number of rotatable bonds is 4. The second-order valence-electron chi connectivity index (χ2n) is 5.16. The Labute approximate surface area is 118 Å². The van der Waals surface area contributed by atoms with Crippen LogP contribution in [0.5, 0.6) is 0 Å². The summed E-state index contributed by atoms with van der Waals surface area (Å²) in [4.78, 5) is 12.2. The van der Waals surface area contributed by atoms with E-state index in [0.29, 0.717) is 23.2 Å². The van der Waals surface area contributed by atoms with E-state index >= 15 is 0 Å². The molecule has 2 aromatic rings. The van der Waals surface area contributed by atoms with E-state index in [9.17, 15) is 9.18 Å². The highest BCUT2D eigenvalue weighted by atomic mass is 19.1. The van der Waals surface area contributed by atoms with E-state index in [2.05, 4.69) is 0 Å². The highest BCUT2D eigenvalue weighted by Crippen LogP contribution is 2.22. The van der Waals surface area contributed by atoms with E-state index in [0.717, 1.165) is 5.56 Å². The van der Waals surface area contributed by atoms with Gasteiger partial charge in [-0.25, -0.2) is 4.39 Å². The van der Waals surface area contributed by atoms with Crippen LogP contribution in [0.4, 0.5) is 10.1 Å². The lowest BCUT2D eigenvalue weighted by atomic mass is 9.92. The standard InChI is InChI=1S/C17H18FNO/c1-11(13-3-6-15(19)7-4-13)10-17(20)14-5-8-16(18)12(2)9-14/h3-9,11H,10,19H2,1-2H3. The fourth-order valence-electron chi connectivity index (χ4n) is 2.16. The highest BCUT2D eigenvalue weighted by Gasteiger charge is 2.14. The summed E-state index contributed by atoms with van der Waals surface area (Å²) in [5, 5.41) is 0. The zero-order valence-corrected chi connectivity index (χ0v) is 11.7. The Morgan fingerprint density at radius 1 is 1.20 bits per heavy atom. The van der Waals surface area contributed by atoms with Crippen LogP contribution in [0.3, 0.4) is 0 Å². The first kappa shape index (κ1) is 14.3. The third-order valence-electron chi connectivity index (χ3n) is 3.48. The van der Waals surface area contributed by atoms with Gasteiger partial charge in [-0.3, -0.25) is 4.79 Å².